The number of rotatable bonds is 4. The summed E-state index contributed by atoms with van der Waals surface area (Å²) in [5.41, 5.74) is 0. The quantitative estimate of drug-likeness (QED) is 0.390. The molecule has 2 N–H and O–H groups in total. The summed E-state index contributed by atoms with van der Waals surface area (Å²) in [5.74, 6) is 0.732. The molecule has 1 saturated heterocycles. The van der Waals surface area contributed by atoms with Crippen molar-refractivity contribution in [2.24, 2.45) is 4.99 Å². The maximum absolute atomic E-state index is 12.0. The number of likely N-dealkylation sites (tertiary alicyclic amines) is 1. The Bertz CT molecular complexity index is 446. The third-order valence-corrected chi connectivity index (χ3v) is 5.94. The maximum atomic E-state index is 12.0. The van der Waals surface area contributed by atoms with E-state index in [0.29, 0.717) is 12.5 Å². The largest absolute Gasteiger partial charge is 0.391 e. The molecule has 0 saturated carbocycles. The van der Waals surface area contributed by atoms with Gasteiger partial charge in [0.05, 0.1) is 23.1 Å². The van der Waals surface area contributed by atoms with Gasteiger partial charge in [0.2, 0.25) is 0 Å². The van der Waals surface area contributed by atoms with Crippen LogP contribution in [0.4, 0.5) is 0 Å². The minimum absolute atomic E-state index is 0. The van der Waals surface area contributed by atoms with Crippen LogP contribution in [0.1, 0.15) is 34.1 Å². The molecule has 0 aromatic heterocycles. The second kappa shape index (κ2) is 8.52. The SMILES string of the molecule is CCNC(=NCCS(=O)(=O)C(C)(C)C)N1CC[C@@H](O)C1.I. The monoisotopic (exact) mass is 433 g/mol. The standard InChI is InChI=1S/C13H27N3O3S.HI/c1-5-14-12(16-8-6-11(17)10-16)15-7-9-20(18,19)13(2,3)4;/h11,17H,5-10H2,1-4H3,(H,14,15);1H/t11-;/m1./s1. The van der Waals surface area contributed by atoms with Gasteiger partial charge >= 0.3 is 0 Å². The minimum Gasteiger partial charge on any atom is -0.391 e. The van der Waals surface area contributed by atoms with Crippen LogP contribution in [0.2, 0.25) is 0 Å². The summed E-state index contributed by atoms with van der Waals surface area (Å²) < 4.78 is 23.3. The van der Waals surface area contributed by atoms with Crippen LogP contribution in [0.15, 0.2) is 4.99 Å². The first-order valence-corrected chi connectivity index (χ1v) is 8.76. The van der Waals surface area contributed by atoms with Crippen LogP contribution in [0.3, 0.4) is 0 Å². The summed E-state index contributed by atoms with van der Waals surface area (Å²) >= 11 is 0. The van der Waals surface area contributed by atoms with Crippen LogP contribution in [0.25, 0.3) is 0 Å². The van der Waals surface area contributed by atoms with E-state index in [9.17, 15) is 13.5 Å². The van der Waals surface area contributed by atoms with Crippen molar-refractivity contribution in [2.75, 3.05) is 31.9 Å². The topological polar surface area (TPSA) is 82.0 Å². The number of aliphatic hydroxyl groups excluding tert-OH is 1. The van der Waals surface area contributed by atoms with Gasteiger partial charge in [0, 0.05) is 19.6 Å². The van der Waals surface area contributed by atoms with Gasteiger partial charge in [-0.1, -0.05) is 0 Å². The molecule has 21 heavy (non-hydrogen) atoms. The van der Waals surface area contributed by atoms with E-state index in [-0.39, 0.29) is 42.4 Å². The van der Waals surface area contributed by atoms with Gasteiger partial charge in [-0.05, 0) is 34.1 Å². The third-order valence-electron chi connectivity index (χ3n) is 3.35. The van der Waals surface area contributed by atoms with E-state index in [1.165, 1.54) is 0 Å². The molecule has 0 aromatic carbocycles. The molecule has 1 aliphatic heterocycles. The zero-order chi connectivity index (χ0) is 15.4. The molecular weight excluding hydrogens is 405 g/mol. The molecule has 0 bridgehead atoms. The van der Waals surface area contributed by atoms with Gasteiger partial charge in [0.15, 0.2) is 15.8 Å². The highest BCUT2D eigenvalue weighted by Gasteiger charge is 2.28. The molecular formula is C13H28IN3O3S. The number of hydrogen-bond donors (Lipinski definition) is 2. The molecule has 0 aromatic rings. The Morgan fingerprint density at radius 3 is 2.48 bits per heavy atom. The number of sulfone groups is 1. The molecule has 1 aliphatic rings. The van der Waals surface area contributed by atoms with Crippen molar-refractivity contribution in [1.82, 2.24) is 10.2 Å². The Morgan fingerprint density at radius 2 is 2.05 bits per heavy atom. The number of nitrogens with one attached hydrogen (secondary N) is 1. The fraction of sp³-hybridized carbons (Fsp3) is 0.923. The Morgan fingerprint density at radius 1 is 1.43 bits per heavy atom. The van der Waals surface area contributed by atoms with Gasteiger partial charge in [0.25, 0.3) is 0 Å². The molecule has 0 aliphatic carbocycles. The molecule has 1 atom stereocenters. The molecule has 0 amide bonds. The van der Waals surface area contributed by atoms with E-state index in [4.69, 9.17) is 0 Å². The third kappa shape index (κ3) is 6.27. The second-order valence-electron chi connectivity index (χ2n) is 6.06. The second-order valence-corrected chi connectivity index (χ2v) is 8.92. The van der Waals surface area contributed by atoms with Crippen molar-refractivity contribution in [3.05, 3.63) is 0 Å². The summed E-state index contributed by atoms with van der Waals surface area (Å²) in [6.07, 6.45) is 0.405. The minimum atomic E-state index is -3.15. The maximum Gasteiger partial charge on any atom is 0.194 e. The zero-order valence-electron chi connectivity index (χ0n) is 13.3. The lowest BCUT2D eigenvalue weighted by Crippen LogP contribution is -2.41. The summed E-state index contributed by atoms with van der Waals surface area (Å²) in [5, 5.41) is 12.7. The lowest BCUT2D eigenvalue weighted by Gasteiger charge is -2.22. The highest BCUT2D eigenvalue weighted by molar-refractivity contribution is 14.0. The normalized spacial score (nSPS) is 20.3. The average Bonchev–Trinajstić information content (AvgIpc) is 2.73. The number of nitrogens with zero attached hydrogens (tertiary/aromatic N) is 2. The van der Waals surface area contributed by atoms with Gasteiger partial charge in [-0.25, -0.2) is 8.42 Å². The number of guanidine groups is 1. The Balaban J connectivity index is 0.00000400. The van der Waals surface area contributed by atoms with E-state index >= 15 is 0 Å². The zero-order valence-corrected chi connectivity index (χ0v) is 16.4. The highest BCUT2D eigenvalue weighted by atomic mass is 127. The van der Waals surface area contributed by atoms with Crippen LogP contribution in [0.5, 0.6) is 0 Å². The molecule has 1 heterocycles. The first-order chi connectivity index (χ1) is 9.17. The van der Waals surface area contributed by atoms with Crippen LogP contribution in [-0.2, 0) is 9.84 Å². The van der Waals surface area contributed by atoms with Gasteiger partial charge in [-0.15, -0.1) is 24.0 Å². The van der Waals surface area contributed by atoms with Crippen molar-refractivity contribution in [2.45, 2.75) is 45.0 Å². The molecule has 8 heteroatoms. The first-order valence-electron chi connectivity index (χ1n) is 7.11. The van der Waals surface area contributed by atoms with E-state index < -0.39 is 14.6 Å². The number of halogens is 1. The van der Waals surface area contributed by atoms with E-state index in [1.54, 1.807) is 20.8 Å². The number of β-amino-alcohol motifs (C(OH)–C–C–N with tert-alkyl or cyclic N) is 1. The van der Waals surface area contributed by atoms with Crippen LogP contribution in [-0.4, -0.2) is 67.2 Å². The summed E-state index contributed by atoms with van der Waals surface area (Å²) in [7, 11) is -3.15. The smallest absolute Gasteiger partial charge is 0.194 e. The molecule has 6 nitrogen and oxygen atoms in total. The van der Waals surface area contributed by atoms with Crippen molar-refractivity contribution in [3.63, 3.8) is 0 Å². The molecule has 0 spiro atoms. The number of aliphatic imine (C=N–C) groups is 1. The average molecular weight is 433 g/mol. The predicted molar refractivity (Wildman–Crippen MR) is 97.1 cm³/mol. The van der Waals surface area contributed by atoms with E-state index in [1.807, 2.05) is 11.8 Å². The lowest BCUT2D eigenvalue weighted by atomic mass is 10.3. The fourth-order valence-corrected chi connectivity index (χ4v) is 2.88. The highest BCUT2D eigenvalue weighted by Crippen LogP contribution is 2.15. The molecule has 1 rings (SSSR count). The molecule has 1 fully saturated rings. The summed E-state index contributed by atoms with van der Waals surface area (Å²) in [6, 6.07) is 0. The van der Waals surface area contributed by atoms with Gasteiger partial charge in [-0.3, -0.25) is 4.99 Å². The molecule has 0 unspecified atom stereocenters. The van der Waals surface area contributed by atoms with Crippen molar-refractivity contribution < 1.29 is 13.5 Å². The lowest BCUT2D eigenvalue weighted by molar-refractivity contribution is 0.188. The summed E-state index contributed by atoms with van der Waals surface area (Å²) in [6.45, 7) is 9.34. The number of aliphatic hydroxyl groups is 1. The van der Waals surface area contributed by atoms with Crippen molar-refractivity contribution in [1.29, 1.82) is 0 Å². The van der Waals surface area contributed by atoms with Gasteiger partial charge in [0.1, 0.15) is 0 Å². The van der Waals surface area contributed by atoms with Gasteiger partial charge in [-0.2, -0.15) is 0 Å². The van der Waals surface area contributed by atoms with Gasteiger partial charge < -0.3 is 15.3 Å². The van der Waals surface area contributed by atoms with Crippen LogP contribution in [0, 0.1) is 0 Å². The first kappa shape index (κ1) is 20.9. The Hall–Kier alpha value is -0.0900. The predicted octanol–water partition coefficient (Wildman–Crippen LogP) is 0.850. The van der Waals surface area contributed by atoms with E-state index in [2.05, 4.69) is 10.3 Å². The summed E-state index contributed by atoms with van der Waals surface area (Å²) in [4.78, 5) is 6.34. The molecule has 0 radical (unpaired) electrons. The van der Waals surface area contributed by atoms with E-state index in [0.717, 1.165) is 19.5 Å². The fourth-order valence-electron chi connectivity index (χ4n) is 1.94. The van der Waals surface area contributed by atoms with Crippen LogP contribution < -0.4 is 5.32 Å². The van der Waals surface area contributed by atoms with Crippen molar-refractivity contribution >= 4 is 39.8 Å². The number of hydrogen-bond acceptors (Lipinski definition) is 4. The van der Waals surface area contributed by atoms with Crippen molar-refractivity contribution in [3.8, 4) is 0 Å². The van der Waals surface area contributed by atoms with Crippen LogP contribution >= 0.6 is 24.0 Å². The molecule has 126 valence electrons. The Labute approximate surface area is 145 Å². The Kier molecular flexibility index (Phi) is 8.48.